The standard InChI is InChI=1S/C29H33N5O4/c1-37-24-10-5-9-23(19-24)26-12-13-27(31-30-26)32-14-16-33(17-15-32)28(35)21-34(20-25-11-6-18-38-25)29(36)22-7-3-2-4-8-22/h2-5,7-10,12-13,19,25H,6,11,14-18,20-21H2,1H3. The van der Waals surface area contributed by atoms with Gasteiger partial charge in [0.15, 0.2) is 5.82 Å². The van der Waals surface area contributed by atoms with E-state index >= 15 is 0 Å². The summed E-state index contributed by atoms with van der Waals surface area (Å²) >= 11 is 0. The Labute approximate surface area is 223 Å². The summed E-state index contributed by atoms with van der Waals surface area (Å²) in [5, 5.41) is 8.84. The molecule has 9 heteroatoms. The third-order valence-electron chi connectivity index (χ3n) is 7.05. The summed E-state index contributed by atoms with van der Waals surface area (Å²) in [6, 6.07) is 20.8. The number of methoxy groups -OCH3 is 1. The monoisotopic (exact) mass is 515 g/mol. The SMILES string of the molecule is COc1cccc(-c2ccc(N3CCN(C(=O)CN(CC4CCCO4)C(=O)c4ccccc4)CC3)nn2)c1. The van der Waals surface area contributed by atoms with E-state index in [0.717, 1.165) is 35.7 Å². The fraction of sp³-hybridized carbons (Fsp3) is 0.379. The molecular formula is C29H33N5O4. The van der Waals surface area contributed by atoms with E-state index in [-0.39, 0.29) is 24.5 Å². The first-order valence-electron chi connectivity index (χ1n) is 13.1. The van der Waals surface area contributed by atoms with Crippen molar-refractivity contribution in [1.29, 1.82) is 0 Å². The number of hydrogen-bond donors (Lipinski definition) is 0. The topological polar surface area (TPSA) is 88.1 Å². The molecule has 1 aromatic heterocycles. The largest absolute Gasteiger partial charge is 0.497 e. The maximum Gasteiger partial charge on any atom is 0.254 e. The molecule has 0 spiro atoms. The van der Waals surface area contributed by atoms with Crippen molar-refractivity contribution in [3.8, 4) is 17.0 Å². The number of anilines is 1. The number of rotatable bonds is 8. The lowest BCUT2D eigenvalue weighted by molar-refractivity contribution is -0.132. The zero-order valence-electron chi connectivity index (χ0n) is 21.7. The van der Waals surface area contributed by atoms with Crippen LogP contribution in [0.5, 0.6) is 5.75 Å². The average molecular weight is 516 g/mol. The summed E-state index contributed by atoms with van der Waals surface area (Å²) in [6.07, 6.45) is 1.87. The first kappa shape index (κ1) is 25.7. The van der Waals surface area contributed by atoms with E-state index in [1.165, 1.54) is 0 Å². The van der Waals surface area contributed by atoms with E-state index in [9.17, 15) is 9.59 Å². The molecule has 198 valence electrons. The molecule has 38 heavy (non-hydrogen) atoms. The van der Waals surface area contributed by atoms with Gasteiger partial charge in [0.25, 0.3) is 5.91 Å². The van der Waals surface area contributed by atoms with Crippen molar-refractivity contribution < 1.29 is 19.1 Å². The zero-order chi connectivity index (χ0) is 26.3. The van der Waals surface area contributed by atoms with Crippen LogP contribution in [0.1, 0.15) is 23.2 Å². The molecule has 0 bridgehead atoms. The van der Waals surface area contributed by atoms with Crippen LogP contribution in [0, 0.1) is 0 Å². The van der Waals surface area contributed by atoms with Gasteiger partial charge in [-0.15, -0.1) is 10.2 Å². The van der Waals surface area contributed by atoms with Crippen molar-refractivity contribution in [1.82, 2.24) is 20.0 Å². The minimum Gasteiger partial charge on any atom is -0.497 e. The van der Waals surface area contributed by atoms with E-state index in [4.69, 9.17) is 9.47 Å². The third kappa shape index (κ3) is 6.11. The molecule has 2 aliphatic heterocycles. The number of carbonyl (C=O) groups excluding carboxylic acids is 2. The van der Waals surface area contributed by atoms with Crippen molar-refractivity contribution in [3.05, 3.63) is 72.3 Å². The highest BCUT2D eigenvalue weighted by Crippen LogP contribution is 2.23. The molecule has 5 rings (SSSR count). The highest BCUT2D eigenvalue weighted by molar-refractivity contribution is 5.96. The highest BCUT2D eigenvalue weighted by Gasteiger charge is 2.28. The molecule has 0 radical (unpaired) electrons. The Morgan fingerprint density at radius 3 is 2.50 bits per heavy atom. The quantitative estimate of drug-likeness (QED) is 0.456. The van der Waals surface area contributed by atoms with Crippen molar-refractivity contribution in [2.24, 2.45) is 0 Å². The van der Waals surface area contributed by atoms with Gasteiger partial charge in [0, 0.05) is 50.5 Å². The number of amides is 2. The van der Waals surface area contributed by atoms with Crippen LogP contribution in [0.3, 0.4) is 0 Å². The molecule has 9 nitrogen and oxygen atoms in total. The molecule has 1 unspecified atom stereocenters. The minimum atomic E-state index is -0.139. The molecule has 2 saturated heterocycles. The molecule has 3 aromatic rings. The summed E-state index contributed by atoms with van der Waals surface area (Å²) in [4.78, 5) is 32.1. The normalized spacial score (nSPS) is 17.3. The Kier molecular flexibility index (Phi) is 8.13. The average Bonchev–Trinajstić information content (AvgIpc) is 3.50. The van der Waals surface area contributed by atoms with Gasteiger partial charge in [-0.3, -0.25) is 9.59 Å². The molecule has 2 amide bonds. The van der Waals surface area contributed by atoms with Crippen molar-refractivity contribution in [3.63, 3.8) is 0 Å². The predicted octanol–water partition coefficient (Wildman–Crippen LogP) is 3.12. The van der Waals surface area contributed by atoms with Gasteiger partial charge in [-0.05, 0) is 49.2 Å². The van der Waals surface area contributed by atoms with Gasteiger partial charge in [0.2, 0.25) is 5.91 Å². The van der Waals surface area contributed by atoms with Gasteiger partial charge in [0.1, 0.15) is 12.3 Å². The smallest absolute Gasteiger partial charge is 0.254 e. The molecule has 2 aromatic carbocycles. The molecule has 2 aliphatic rings. The fourth-order valence-electron chi connectivity index (χ4n) is 4.90. The summed E-state index contributed by atoms with van der Waals surface area (Å²) in [7, 11) is 1.64. The van der Waals surface area contributed by atoms with Crippen LogP contribution in [0.4, 0.5) is 5.82 Å². The van der Waals surface area contributed by atoms with Crippen molar-refractivity contribution >= 4 is 17.6 Å². The van der Waals surface area contributed by atoms with E-state index in [1.807, 2.05) is 59.5 Å². The minimum absolute atomic E-state index is 0.0224. The lowest BCUT2D eigenvalue weighted by Crippen LogP contribution is -2.52. The van der Waals surface area contributed by atoms with Crippen LogP contribution in [0.25, 0.3) is 11.3 Å². The second kappa shape index (κ2) is 12.0. The van der Waals surface area contributed by atoms with Crippen LogP contribution in [-0.2, 0) is 9.53 Å². The van der Waals surface area contributed by atoms with E-state index < -0.39 is 0 Å². The summed E-state index contributed by atoms with van der Waals surface area (Å²) < 4.78 is 11.1. The second-order valence-electron chi connectivity index (χ2n) is 9.56. The zero-order valence-corrected chi connectivity index (χ0v) is 21.7. The van der Waals surface area contributed by atoms with Gasteiger partial charge < -0.3 is 24.2 Å². The van der Waals surface area contributed by atoms with Gasteiger partial charge >= 0.3 is 0 Å². The lowest BCUT2D eigenvalue weighted by Gasteiger charge is -2.36. The summed E-state index contributed by atoms with van der Waals surface area (Å²) in [5.74, 6) is 1.36. The lowest BCUT2D eigenvalue weighted by atomic mass is 10.1. The van der Waals surface area contributed by atoms with Gasteiger partial charge in [-0.25, -0.2) is 0 Å². The highest BCUT2D eigenvalue weighted by atomic mass is 16.5. The fourth-order valence-corrected chi connectivity index (χ4v) is 4.90. The Hall–Kier alpha value is -3.98. The molecular weight excluding hydrogens is 482 g/mol. The number of nitrogens with zero attached hydrogens (tertiary/aromatic N) is 5. The third-order valence-corrected chi connectivity index (χ3v) is 7.05. The number of carbonyl (C=O) groups is 2. The summed E-state index contributed by atoms with van der Waals surface area (Å²) in [6.45, 7) is 3.60. The first-order valence-corrected chi connectivity index (χ1v) is 13.1. The number of hydrogen-bond acceptors (Lipinski definition) is 7. The Bertz CT molecular complexity index is 1220. The Morgan fingerprint density at radius 1 is 1.00 bits per heavy atom. The number of aromatic nitrogens is 2. The van der Waals surface area contributed by atoms with Gasteiger partial charge in [-0.1, -0.05) is 30.3 Å². The molecule has 1 atom stereocenters. The molecule has 0 N–H and O–H groups in total. The number of benzene rings is 2. The van der Waals surface area contributed by atoms with Crippen LogP contribution in [0.15, 0.2) is 66.7 Å². The van der Waals surface area contributed by atoms with Crippen LogP contribution in [-0.4, -0.2) is 90.9 Å². The molecule has 3 heterocycles. The van der Waals surface area contributed by atoms with Crippen molar-refractivity contribution in [2.45, 2.75) is 18.9 Å². The number of ether oxygens (including phenoxy) is 2. The molecule has 0 saturated carbocycles. The summed E-state index contributed by atoms with van der Waals surface area (Å²) in [5.41, 5.74) is 2.30. The predicted molar refractivity (Wildman–Crippen MR) is 144 cm³/mol. The maximum absolute atomic E-state index is 13.2. The van der Waals surface area contributed by atoms with Crippen molar-refractivity contribution in [2.75, 3.05) is 57.9 Å². The first-order chi connectivity index (χ1) is 18.6. The van der Waals surface area contributed by atoms with Gasteiger partial charge in [0.05, 0.1) is 18.9 Å². The van der Waals surface area contributed by atoms with Crippen LogP contribution >= 0.6 is 0 Å². The van der Waals surface area contributed by atoms with E-state index in [0.29, 0.717) is 44.9 Å². The van der Waals surface area contributed by atoms with Crippen LogP contribution < -0.4 is 9.64 Å². The van der Waals surface area contributed by atoms with Crippen LogP contribution in [0.2, 0.25) is 0 Å². The maximum atomic E-state index is 13.2. The van der Waals surface area contributed by atoms with E-state index in [1.54, 1.807) is 24.1 Å². The second-order valence-corrected chi connectivity index (χ2v) is 9.56. The van der Waals surface area contributed by atoms with Gasteiger partial charge in [-0.2, -0.15) is 0 Å². The molecule has 2 fully saturated rings. The van der Waals surface area contributed by atoms with E-state index in [2.05, 4.69) is 15.1 Å². The number of piperazine rings is 1. The molecule has 0 aliphatic carbocycles. The Balaban J connectivity index is 1.18. The Morgan fingerprint density at radius 2 is 1.82 bits per heavy atom.